The number of para-hydroxylation sites is 1. The van der Waals surface area contributed by atoms with E-state index in [9.17, 15) is 8.78 Å². The summed E-state index contributed by atoms with van der Waals surface area (Å²) in [6.45, 7) is 0. The first-order chi connectivity index (χ1) is 8.06. The Morgan fingerprint density at radius 1 is 1.18 bits per heavy atom. The Hall–Kier alpha value is -1.95. The molecule has 0 saturated carbocycles. The molecule has 1 aromatic carbocycles. The first kappa shape index (κ1) is 11.5. The highest BCUT2D eigenvalue weighted by molar-refractivity contribution is 6.29. The van der Waals surface area contributed by atoms with Crippen LogP contribution < -0.4 is 11.1 Å². The number of nitrogens with two attached hydrogens (primary N) is 1. The van der Waals surface area contributed by atoms with Gasteiger partial charge in [0.15, 0.2) is 0 Å². The molecule has 17 heavy (non-hydrogen) atoms. The zero-order valence-corrected chi connectivity index (χ0v) is 9.17. The van der Waals surface area contributed by atoms with E-state index in [1.54, 1.807) is 0 Å². The van der Waals surface area contributed by atoms with Crippen LogP contribution in [0.5, 0.6) is 0 Å². The number of hydrogen-bond acceptors (Lipinski definition) is 4. The van der Waals surface area contributed by atoms with Crippen LogP contribution >= 0.6 is 11.6 Å². The van der Waals surface area contributed by atoms with Crippen LogP contribution in [-0.2, 0) is 0 Å². The Bertz CT molecular complexity index is 521. The Kier molecular flexibility index (Phi) is 3.06. The van der Waals surface area contributed by atoms with E-state index in [2.05, 4.69) is 15.3 Å². The maximum absolute atomic E-state index is 13.3. The maximum Gasteiger partial charge on any atom is 0.223 e. The van der Waals surface area contributed by atoms with Gasteiger partial charge in [0, 0.05) is 6.07 Å². The van der Waals surface area contributed by atoms with Crippen LogP contribution in [-0.4, -0.2) is 9.97 Å². The van der Waals surface area contributed by atoms with Gasteiger partial charge in [-0.1, -0.05) is 17.7 Å². The lowest BCUT2D eigenvalue weighted by atomic mass is 10.3. The highest BCUT2D eigenvalue weighted by atomic mass is 35.5. The van der Waals surface area contributed by atoms with E-state index in [0.29, 0.717) is 0 Å². The van der Waals surface area contributed by atoms with E-state index >= 15 is 0 Å². The maximum atomic E-state index is 13.3. The smallest absolute Gasteiger partial charge is 0.223 e. The first-order valence-electron chi connectivity index (χ1n) is 4.57. The summed E-state index contributed by atoms with van der Waals surface area (Å²) >= 11 is 5.64. The van der Waals surface area contributed by atoms with Gasteiger partial charge >= 0.3 is 0 Å². The van der Waals surface area contributed by atoms with Gasteiger partial charge in [0.2, 0.25) is 5.95 Å². The number of hydrogen-bond donors (Lipinski definition) is 2. The quantitative estimate of drug-likeness (QED) is 0.811. The molecule has 1 heterocycles. The predicted molar refractivity (Wildman–Crippen MR) is 61.1 cm³/mol. The summed E-state index contributed by atoms with van der Waals surface area (Å²) in [5.74, 6) is -1.44. The Morgan fingerprint density at radius 2 is 1.82 bits per heavy atom. The van der Waals surface area contributed by atoms with Gasteiger partial charge in [0.05, 0.1) is 0 Å². The molecule has 4 nitrogen and oxygen atoms in total. The zero-order chi connectivity index (χ0) is 12.4. The molecule has 0 spiro atoms. The summed E-state index contributed by atoms with van der Waals surface area (Å²) in [5, 5.41) is 2.54. The summed E-state index contributed by atoms with van der Waals surface area (Å²) in [6.07, 6.45) is 0. The van der Waals surface area contributed by atoms with E-state index in [1.165, 1.54) is 12.1 Å². The molecule has 0 aliphatic carbocycles. The van der Waals surface area contributed by atoms with Crippen molar-refractivity contribution in [3.05, 3.63) is 41.1 Å². The molecule has 2 aromatic rings. The van der Waals surface area contributed by atoms with Gasteiger partial charge < -0.3 is 11.1 Å². The predicted octanol–water partition coefficient (Wildman–Crippen LogP) is 2.73. The van der Waals surface area contributed by atoms with E-state index < -0.39 is 11.6 Å². The molecule has 0 fully saturated rings. The van der Waals surface area contributed by atoms with Crippen LogP contribution in [0.3, 0.4) is 0 Å². The topological polar surface area (TPSA) is 63.8 Å². The van der Waals surface area contributed by atoms with Gasteiger partial charge in [-0.15, -0.1) is 0 Å². The van der Waals surface area contributed by atoms with Crippen LogP contribution in [0.25, 0.3) is 0 Å². The van der Waals surface area contributed by atoms with Gasteiger partial charge in [0.25, 0.3) is 0 Å². The number of anilines is 3. The van der Waals surface area contributed by atoms with E-state index in [1.807, 2.05) is 0 Å². The average molecular weight is 257 g/mol. The summed E-state index contributed by atoms with van der Waals surface area (Å²) in [6, 6.07) is 4.82. The summed E-state index contributed by atoms with van der Waals surface area (Å²) in [7, 11) is 0. The van der Waals surface area contributed by atoms with Crippen molar-refractivity contribution in [2.24, 2.45) is 0 Å². The van der Waals surface area contributed by atoms with E-state index in [-0.39, 0.29) is 22.6 Å². The third-order valence-corrected chi connectivity index (χ3v) is 2.12. The van der Waals surface area contributed by atoms with Crippen LogP contribution in [0.4, 0.5) is 26.2 Å². The van der Waals surface area contributed by atoms with E-state index in [4.69, 9.17) is 17.3 Å². The monoisotopic (exact) mass is 256 g/mol. The van der Waals surface area contributed by atoms with Crippen molar-refractivity contribution < 1.29 is 8.78 Å². The van der Waals surface area contributed by atoms with Crippen LogP contribution in [0.15, 0.2) is 24.3 Å². The number of nitrogen functional groups attached to an aromatic ring is 1. The van der Waals surface area contributed by atoms with Crippen LogP contribution in [0.2, 0.25) is 5.15 Å². The van der Waals surface area contributed by atoms with Crippen molar-refractivity contribution in [1.82, 2.24) is 9.97 Å². The Labute approximate surface area is 100 Å². The standard InChI is InChI=1S/C10H7ClF2N4/c11-7-4-8(17-10(14)15-7)16-9-5(12)2-1-3-6(9)13/h1-4H,(H3,14,15,16,17). The highest BCUT2D eigenvalue weighted by Crippen LogP contribution is 2.23. The van der Waals surface area contributed by atoms with Crippen molar-refractivity contribution in [2.45, 2.75) is 0 Å². The van der Waals surface area contributed by atoms with Gasteiger partial charge in [-0.05, 0) is 12.1 Å². The minimum absolute atomic E-state index is 0.0803. The largest absolute Gasteiger partial charge is 0.368 e. The number of rotatable bonds is 2. The summed E-state index contributed by atoms with van der Waals surface area (Å²) < 4.78 is 26.7. The number of nitrogens with zero attached hydrogens (tertiary/aromatic N) is 2. The fraction of sp³-hybridized carbons (Fsp3) is 0. The van der Waals surface area contributed by atoms with Gasteiger partial charge in [-0.2, -0.15) is 4.98 Å². The normalized spacial score (nSPS) is 10.3. The number of nitrogens with one attached hydrogen (secondary N) is 1. The molecule has 0 saturated heterocycles. The molecule has 88 valence electrons. The van der Waals surface area contributed by atoms with Crippen LogP contribution in [0.1, 0.15) is 0 Å². The lowest BCUT2D eigenvalue weighted by molar-refractivity contribution is 0.590. The average Bonchev–Trinajstić information content (AvgIpc) is 2.22. The highest BCUT2D eigenvalue weighted by Gasteiger charge is 2.09. The lowest BCUT2D eigenvalue weighted by Gasteiger charge is -2.08. The molecule has 2 rings (SSSR count). The van der Waals surface area contributed by atoms with Crippen LogP contribution in [0, 0.1) is 11.6 Å². The first-order valence-corrected chi connectivity index (χ1v) is 4.95. The summed E-state index contributed by atoms with van der Waals surface area (Å²) in [5.41, 5.74) is 5.04. The molecule has 0 aliphatic rings. The van der Waals surface area contributed by atoms with Gasteiger partial charge in [-0.25, -0.2) is 13.8 Å². The van der Waals surface area contributed by atoms with Crippen molar-refractivity contribution in [3.63, 3.8) is 0 Å². The van der Waals surface area contributed by atoms with E-state index in [0.717, 1.165) is 12.1 Å². The third kappa shape index (κ3) is 2.59. The van der Waals surface area contributed by atoms with Gasteiger partial charge in [0.1, 0.15) is 28.3 Å². The SMILES string of the molecule is Nc1nc(Cl)cc(Nc2c(F)cccc2F)n1. The number of halogens is 3. The molecule has 0 unspecified atom stereocenters. The summed E-state index contributed by atoms with van der Waals surface area (Å²) in [4.78, 5) is 7.37. The second-order valence-electron chi connectivity index (χ2n) is 3.16. The minimum Gasteiger partial charge on any atom is -0.368 e. The fourth-order valence-electron chi connectivity index (χ4n) is 1.24. The molecule has 0 bridgehead atoms. The van der Waals surface area contributed by atoms with Gasteiger partial charge in [-0.3, -0.25) is 0 Å². The Balaban J connectivity index is 2.38. The molecule has 0 atom stereocenters. The van der Waals surface area contributed by atoms with Crippen molar-refractivity contribution in [3.8, 4) is 0 Å². The fourth-order valence-corrected chi connectivity index (χ4v) is 1.43. The van der Waals surface area contributed by atoms with Crippen molar-refractivity contribution >= 4 is 29.1 Å². The zero-order valence-electron chi connectivity index (χ0n) is 8.42. The second kappa shape index (κ2) is 4.50. The molecule has 0 amide bonds. The number of aromatic nitrogens is 2. The molecular weight excluding hydrogens is 250 g/mol. The third-order valence-electron chi connectivity index (χ3n) is 1.93. The lowest BCUT2D eigenvalue weighted by Crippen LogP contribution is -2.02. The molecule has 3 N–H and O–H groups in total. The minimum atomic E-state index is -0.738. The Morgan fingerprint density at radius 3 is 2.41 bits per heavy atom. The van der Waals surface area contributed by atoms with Crippen molar-refractivity contribution in [1.29, 1.82) is 0 Å². The van der Waals surface area contributed by atoms with Crippen molar-refractivity contribution in [2.75, 3.05) is 11.1 Å². The molecule has 0 aliphatic heterocycles. The molecule has 0 radical (unpaired) electrons. The second-order valence-corrected chi connectivity index (χ2v) is 3.54. The molecule has 7 heteroatoms. The molecular formula is C10H7ClF2N4. The number of benzene rings is 1. The molecule has 1 aromatic heterocycles.